The minimum atomic E-state index is -0.161. The van der Waals surface area contributed by atoms with Crippen LogP contribution in [0.15, 0.2) is 35.4 Å². The Morgan fingerprint density at radius 2 is 2.19 bits per heavy atom. The predicted molar refractivity (Wildman–Crippen MR) is 81.6 cm³/mol. The first-order valence-corrected chi connectivity index (χ1v) is 8.27. The van der Waals surface area contributed by atoms with Gasteiger partial charge in [-0.15, -0.1) is 16.9 Å². The Bertz CT molecular complexity index is 583. The summed E-state index contributed by atoms with van der Waals surface area (Å²) in [4.78, 5) is 0.684. The number of nitrogens with one attached hydrogen (secondary N) is 1. The fourth-order valence-corrected chi connectivity index (χ4v) is 2.95. The fraction of sp³-hybridized carbons (Fsp3) is 0.467. The Labute approximate surface area is 128 Å². The molecular formula is C15H19FN4S. The molecule has 1 aliphatic rings. The number of nitrogens with zero attached hydrogens (tertiary/aromatic N) is 3. The van der Waals surface area contributed by atoms with Crippen molar-refractivity contribution in [1.82, 2.24) is 20.3 Å². The lowest BCUT2D eigenvalue weighted by Crippen LogP contribution is -2.16. The van der Waals surface area contributed by atoms with E-state index in [1.54, 1.807) is 12.1 Å². The molecule has 21 heavy (non-hydrogen) atoms. The summed E-state index contributed by atoms with van der Waals surface area (Å²) in [5, 5.41) is 11.6. The summed E-state index contributed by atoms with van der Waals surface area (Å²) in [6.07, 6.45) is 4.67. The van der Waals surface area contributed by atoms with E-state index in [0.29, 0.717) is 4.90 Å². The lowest BCUT2D eigenvalue weighted by molar-refractivity contribution is 0.600. The zero-order valence-corrected chi connectivity index (χ0v) is 12.7. The van der Waals surface area contributed by atoms with E-state index in [2.05, 4.69) is 15.6 Å². The van der Waals surface area contributed by atoms with Gasteiger partial charge in [-0.3, -0.25) is 4.68 Å². The van der Waals surface area contributed by atoms with E-state index in [0.717, 1.165) is 37.0 Å². The van der Waals surface area contributed by atoms with Crippen LogP contribution in [0.4, 0.5) is 4.39 Å². The average molecular weight is 306 g/mol. The molecule has 0 atom stereocenters. The van der Waals surface area contributed by atoms with E-state index < -0.39 is 0 Å². The number of aryl methyl sites for hydroxylation is 1. The van der Waals surface area contributed by atoms with E-state index in [4.69, 9.17) is 0 Å². The average Bonchev–Trinajstić information content (AvgIpc) is 3.20. The smallest absolute Gasteiger partial charge is 0.136 e. The van der Waals surface area contributed by atoms with Gasteiger partial charge in [-0.1, -0.05) is 17.3 Å². The van der Waals surface area contributed by atoms with Crippen molar-refractivity contribution in [3.05, 3.63) is 42.0 Å². The summed E-state index contributed by atoms with van der Waals surface area (Å²) >= 11 is 1.50. The van der Waals surface area contributed by atoms with Gasteiger partial charge in [0.05, 0.1) is 12.2 Å². The van der Waals surface area contributed by atoms with Gasteiger partial charge in [0.2, 0.25) is 0 Å². The predicted octanol–water partition coefficient (Wildman–Crippen LogP) is 2.71. The van der Waals surface area contributed by atoms with E-state index in [1.807, 2.05) is 16.9 Å². The number of aromatic nitrogens is 3. The van der Waals surface area contributed by atoms with Gasteiger partial charge in [0.25, 0.3) is 0 Å². The van der Waals surface area contributed by atoms with E-state index in [-0.39, 0.29) is 5.82 Å². The maximum Gasteiger partial charge on any atom is 0.136 e. The molecule has 1 aromatic carbocycles. The van der Waals surface area contributed by atoms with Crippen molar-refractivity contribution in [2.75, 3.05) is 12.3 Å². The van der Waals surface area contributed by atoms with E-state index in [1.165, 1.54) is 30.7 Å². The van der Waals surface area contributed by atoms with Gasteiger partial charge in [-0.2, -0.15) is 0 Å². The van der Waals surface area contributed by atoms with Gasteiger partial charge < -0.3 is 5.32 Å². The van der Waals surface area contributed by atoms with Crippen LogP contribution in [-0.4, -0.2) is 27.3 Å². The second-order valence-corrected chi connectivity index (χ2v) is 6.46. The van der Waals surface area contributed by atoms with Crippen molar-refractivity contribution in [3.63, 3.8) is 0 Å². The zero-order valence-electron chi connectivity index (χ0n) is 11.8. The van der Waals surface area contributed by atoms with Crippen molar-refractivity contribution in [2.45, 2.75) is 30.8 Å². The molecule has 1 aliphatic carbocycles. The van der Waals surface area contributed by atoms with Gasteiger partial charge in [0.1, 0.15) is 5.82 Å². The maximum absolute atomic E-state index is 13.5. The van der Waals surface area contributed by atoms with Crippen LogP contribution in [0.1, 0.15) is 18.5 Å². The second-order valence-electron chi connectivity index (χ2n) is 5.33. The number of rotatable bonds is 8. The molecule has 0 bridgehead atoms. The van der Waals surface area contributed by atoms with E-state index >= 15 is 0 Å². The van der Waals surface area contributed by atoms with E-state index in [9.17, 15) is 4.39 Å². The van der Waals surface area contributed by atoms with Crippen molar-refractivity contribution < 1.29 is 4.39 Å². The van der Waals surface area contributed by atoms with Gasteiger partial charge in [-0.05, 0) is 37.4 Å². The Hall–Kier alpha value is -1.40. The lowest BCUT2D eigenvalue weighted by Gasteiger charge is -2.02. The quantitative estimate of drug-likeness (QED) is 0.762. The van der Waals surface area contributed by atoms with Crippen LogP contribution in [-0.2, 0) is 13.1 Å². The Morgan fingerprint density at radius 1 is 1.33 bits per heavy atom. The normalized spacial score (nSPS) is 14.5. The molecule has 0 aliphatic heterocycles. The molecule has 2 aromatic rings. The molecule has 0 spiro atoms. The zero-order chi connectivity index (χ0) is 14.5. The van der Waals surface area contributed by atoms with Crippen LogP contribution in [0.2, 0.25) is 0 Å². The van der Waals surface area contributed by atoms with Crippen LogP contribution in [0.5, 0.6) is 0 Å². The summed E-state index contributed by atoms with van der Waals surface area (Å²) in [5.41, 5.74) is 0.964. The molecule has 1 N–H and O–H groups in total. The molecule has 1 aromatic heterocycles. The van der Waals surface area contributed by atoms with Crippen molar-refractivity contribution >= 4 is 11.8 Å². The Morgan fingerprint density at radius 3 is 3.00 bits per heavy atom. The number of thioether (sulfide) groups is 1. The maximum atomic E-state index is 13.5. The van der Waals surface area contributed by atoms with Crippen molar-refractivity contribution in [2.24, 2.45) is 5.92 Å². The Balaban J connectivity index is 1.40. The molecule has 0 unspecified atom stereocenters. The summed E-state index contributed by atoms with van der Waals surface area (Å²) in [7, 11) is 0. The molecular weight excluding hydrogens is 287 g/mol. The van der Waals surface area contributed by atoms with Crippen molar-refractivity contribution in [1.29, 1.82) is 0 Å². The largest absolute Gasteiger partial charge is 0.311 e. The van der Waals surface area contributed by atoms with Crippen LogP contribution in [0, 0.1) is 11.7 Å². The topological polar surface area (TPSA) is 42.7 Å². The standard InChI is InChI=1S/C15H19FN4S/c16-14-3-1-2-4-15(14)21-8-7-20-11-13(18-19-20)10-17-9-12-5-6-12/h1-4,11-12,17H,5-10H2. The highest BCUT2D eigenvalue weighted by molar-refractivity contribution is 7.99. The molecule has 0 saturated heterocycles. The third kappa shape index (κ3) is 4.54. The minimum Gasteiger partial charge on any atom is -0.311 e. The fourth-order valence-electron chi connectivity index (χ4n) is 2.07. The third-order valence-corrected chi connectivity index (χ3v) is 4.47. The number of hydrogen-bond donors (Lipinski definition) is 1. The molecule has 0 amide bonds. The number of hydrogen-bond acceptors (Lipinski definition) is 4. The molecule has 6 heteroatoms. The van der Waals surface area contributed by atoms with Gasteiger partial charge in [0, 0.05) is 23.4 Å². The first kappa shape index (κ1) is 14.5. The summed E-state index contributed by atoms with van der Waals surface area (Å²) < 4.78 is 15.3. The molecule has 1 saturated carbocycles. The van der Waals surface area contributed by atoms with Gasteiger partial charge >= 0.3 is 0 Å². The molecule has 112 valence electrons. The SMILES string of the molecule is Fc1ccccc1SCCn1cc(CNCC2CC2)nn1. The highest BCUT2D eigenvalue weighted by Gasteiger charge is 2.20. The second kappa shape index (κ2) is 7.04. The summed E-state index contributed by atoms with van der Waals surface area (Å²) in [6.45, 7) is 2.58. The monoisotopic (exact) mass is 306 g/mol. The van der Waals surface area contributed by atoms with Crippen LogP contribution in [0.25, 0.3) is 0 Å². The van der Waals surface area contributed by atoms with Crippen LogP contribution in [0.3, 0.4) is 0 Å². The van der Waals surface area contributed by atoms with Crippen molar-refractivity contribution in [3.8, 4) is 0 Å². The Kier molecular flexibility index (Phi) is 4.87. The van der Waals surface area contributed by atoms with Gasteiger partial charge in [-0.25, -0.2) is 4.39 Å². The molecule has 1 fully saturated rings. The van der Waals surface area contributed by atoms with Crippen LogP contribution < -0.4 is 5.32 Å². The number of halogens is 1. The first-order chi connectivity index (χ1) is 10.3. The summed E-state index contributed by atoms with van der Waals surface area (Å²) in [5.74, 6) is 1.49. The van der Waals surface area contributed by atoms with Crippen LogP contribution >= 0.6 is 11.8 Å². The number of benzene rings is 1. The molecule has 0 radical (unpaired) electrons. The third-order valence-electron chi connectivity index (χ3n) is 3.44. The highest BCUT2D eigenvalue weighted by Crippen LogP contribution is 2.27. The first-order valence-electron chi connectivity index (χ1n) is 7.28. The minimum absolute atomic E-state index is 0.161. The molecule has 3 rings (SSSR count). The highest BCUT2D eigenvalue weighted by atomic mass is 32.2. The molecule has 4 nitrogen and oxygen atoms in total. The van der Waals surface area contributed by atoms with Gasteiger partial charge in [0.15, 0.2) is 0 Å². The molecule has 1 heterocycles. The summed E-state index contributed by atoms with van der Waals surface area (Å²) in [6, 6.07) is 6.85. The lowest BCUT2D eigenvalue weighted by atomic mass is 10.3.